The molecule has 2 heterocycles. The first-order valence-electron chi connectivity index (χ1n) is 12.7. The van der Waals surface area contributed by atoms with Crippen LogP contribution < -0.4 is 15.8 Å². The van der Waals surface area contributed by atoms with Crippen LogP contribution in [0.15, 0.2) is 48.5 Å². The van der Waals surface area contributed by atoms with E-state index >= 15 is 0 Å². The zero-order valence-corrected chi connectivity index (χ0v) is 23.4. The Labute approximate surface area is 231 Å². The number of hydrogen-bond acceptors (Lipinski definition) is 10. The number of methoxy groups -OCH3 is 1. The van der Waals surface area contributed by atoms with E-state index in [4.69, 9.17) is 19.9 Å². The van der Waals surface area contributed by atoms with Gasteiger partial charge in [0, 0.05) is 5.39 Å². The fourth-order valence-corrected chi connectivity index (χ4v) is 4.04. The summed E-state index contributed by atoms with van der Waals surface area (Å²) in [6, 6.07) is 14.5. The number of esters is 1. The van der Waals surface area contributed by atoms with Crippen LogP contribution in [0.25, 0.3) is 21.9 Å². The number of carbonyl (C=O) groups is 3. The number of Topliss-reactive ketones (excluding diaryl/α,β-unsaturated/α-hetero) is 1. The second-order valence-electron chi connectivity index (χ2n) is 10.6. The van der Waals surface area contributed by atoms with E-state index in [1.165, 1.54) is 14.0 Å². The van der Waals surface area contributed by atoms with Gasteiger partial charge in [0.15, 0.2) is 17.0 Å². The summed E-state index contributed by atoms with van der Waals surface area (Å²) in [7, 11) is 1.54. The van der Waals surface area contributed by atoms with E-state index in [9.17, 15) is 14.4 Å². The Kier molecular flexibility index (Phi) is 7.79. The van der Waals surface area contributed by atoms with E-state index in [1.54, 1.807) is 45.9 Å². The molecule has 0 aliphatic heterocycles. The summed E-state index contributed by atoms with van der Waals surface area (Å²) in [6.07, 6.45) is -0.705. The molecule has 3 N–H and O–H groups in total. The number of nitrogens with two attached hydrogens (primary N) is 1. The molecule has 11 nitrogen and oxygen atoms in total. The summed E-state index contributed by atoms with van der Waals surface area (Å²) in [5.41, 5.74) is 5.96. The highest BCUT2D eigenvalue weighted by Crippen LogP contribution is 2.35. The summed E-state index contributed by atoms with van der Waals surface area (Å²) < 4.78 is 17.3. The van der Waals surface area contributed by atoms with Gasteiger partial charge in [0.2, 0.25) is 0 Å². The normalized spacial score (nSPS) is 13.1. The molecule has 2 aromatic heterocycles. The van der Waals surface area contributed by atoms with Crippen LogP contribution in [-0.2, 0) is 25.7 Å². The van der Waals surface area contributed by atoms with E-state index < -0.39 is 29.0 Å². The van der Waals surface area contributed by atoms with Gasteiger partial charge in [0.25, 0.3) is 0 Å². The molecule has 1 atom stereocenters. The Morgan fingerprint density at radius 2 is 1.75 bits per heavy atom. The molecule has 1 unspecified atom stereocenters. The van der Waals surface area contributed by atoms with Gasteiger partial charge in [0.05, 0.1) is 35.9 Å². The van der Waals surface area contributed by atoms with Gasteiger partial charge >= 0.3 is 12.1 Å². The highest BCUT2D eigenvalue weighted by atomic mass is 16.6. The molecule has 4 rings (SSSR count). The summed E-state index contributed by atoms with van der Waals surface area (Å²) in [5, 5.41) is 8.64. The number of nitrogens with zero attached hydrogens (tertiary/aromatic N) is 3. The molecule has 0 amide bonds. The minimum Gasteiger partial charge on any atom is -0.497 e. The molecule has 40 heavy (non-hydrogen) atoms. The van der Waals surface area contributed by atoms with Crippen LogP contribution in [0.3, 0.4) is 0 Å². The SMILES string of the molecule is COc1ccc2nc3c(c(C)nn3C(=O)OCc3ccccc3)c(NCC(=O)C(C)(N)C(=O)OC(C)(C)C)c2c1. The minimum atomic E-state index is -1.89. The molecule has 210 valence electrons. The molecule has 0 aliphatic carbocycles. The lowest BCUT2D eigenvalue weighted by molar-refractivity contribution is -0.162. The van der Waals surface area contributed by atoms with Gasteiger partial charge in [-0.1, -0.05) is 30.3 Å². The van der Waals surface area contributed by atoms with E-state index in [0.29, 0.717) is 33.4 Å². The number of pyridine rings is 1. The van der Waals surface area contributed by atoms with Crippen LogP contribution >= 0.6 is 0 Å². The maximum Gasteiger partial charge on any atom is 0.437 e. The number of nitrogens with one attached hydrogen (secondary N) is 1. The van der Waals surface area contributed by atoms with Gasteiger partial charge < -0.3 is 25.3 Å². The van der Waals surface area contributed by atoms with Crippen molar-refractivity contribution >= 4 is 45.5 Å². The molecule has 0 fully saturated rings. The Bertz CT molecular complexity index is 1590. The predicted octanol–water partition coefficient (Wildman–Crippen LogP) is 4.13. The maximum absolute atomic E-state index is 13.2. The monoisotopic (exact) mass is 547 g/mol. The van der Waals surface area contributed by atoms with Gasteiger partial charge in [-0.25, -0.2) is 14.6 Å². The van der Waals surface area contributed by atoms with Gasteiger partial charge in [0.1, 0.15) is 18.0 Å². The summed E-state index contributed by atoms with van der Waals surface area (Å²) in [6.45, 7) is 7.88. The second-order valence-corrected chi connectivity index (χ2v) is 10.6. The second kappa shape index (κ2) is 10.9. The average Bonchev–Trinajstić information content (AvgIpc) is 3.24. The Morgan fingerprint density at radius 1 is 1.05 bits per heavy atom. The summed E-state index contributed by atoms with van der Waals surface area (Å²) in [4.78, 5) is 43.5. The number of aryl methyl sites for hydroxylation is 1. The van der Waals surface area contributed by atoms with Gasteiger partial charge in [-0.3, -0.25) is 4.79 Å². The van der Waals surface area contributed by atoms with Crippen LogP contribution in [0, 0.1) is 6.92 Å². The fourth-order valence-electron chi connectivity index (χ4n) is 4.04. The summed E-state index contributed by atoms with van der Waals surface area (Å²) in [5.74, 6) is -0.855. The number of ether oxygens (including phenoxy) is 3. The molecule has 2 aromatic carbocycles. The van der Waals surface area contributed by atoms with Crippen molar-refractivity contribution in [2.24, 2.45) is 5.73 Å². The van der Waals surface area contributed by atoms with E-state index in [2.05, 4.69) is 15.4 Å². The molecular formula is C29H33N5O6. The number of anilines is 1. The van der Waals surface area contributed by atoms with Gasteiger partial charge in [-0.05, 0) is 58.4 Å². The van der Waals surface area contributed by atoms with Crippen molar-refractivity contribution in [1.82, 2.24) is 14.8 Å². The molecule has 0 saturated carbocycles. The highest BCUT2D eigenvalue weighted by molar-refractivity contribution is 6.13. The van der Waals surface area contributed by atoms with Crippen LogP contribution in [-0.4, -0.2) is 57.4 Å². The number of benzene rings is 2. The lowest BCUT2D eigenvalue weighted by Crippen LogP contribution is -2.56. The first-order chi connectivity index (χ1) is 18.8. The number of aromatic nitrogens is 3. The lowest BCUT2D eigenvalue weighted by atomic mass is 9.97. The first kappa shape index (κ1) is 28.5. The zero-order valence-electron chi connectivity index (χ0n) is 23.4. The average molecular weight is 548 g/mol. The summed E-state index contributed by atoms with van der Waals surface area (Å²) >= 11 is 0. The molecule has 0 radical (unpaired) electrons. The Hall–Kier alpha value is -4.51. The number of rotatable bonds is 8. The lowest BCUT2D eigenvalue weighted by Gasteiger charge is -2.27. The number of hydrogen-bond donors (Lipinski definition) is 2. The fraction of sp³-hybridized carbons (Fsp3) is 0.345. The smallest absolute Gasteiger partial charge is 0.437 e. The predicted molar refractivity (Wildman–Crippen MR) is 150 cm³/mol. The van der Waals surface area contributed by atoms with Crippen molar-refractivity contribution < 1.29 is 28.6 Å². The minimum absolute atomic E-state index is 0.0597. The van der Waals surface area contributed by atoms with Crippen molar-refractivity contribution in [3.8, 4) is 5.75 Å². The zero-order chi connectivity index (χ0) is 29.2. The number of ketones is 1. The van der Waals surface area contributed by atoms with Gasteiger partial charge in [-0.2, -0.15) is 5.10 Å². The topological polar surface area (TPSA) is 148 Å². The van der Waals surface area contributed by atoms with E-state index in [1.807, 2.05) is 30.3 Å². The van der Waals surface area contributed by atoms with Crippen LogP contribution in [0.2, 0.25) is 0 Å². The van der Waals surface area contributed by atoms with Crippen molar-refractivity contribution in [2.75, 3.05) is 19.0 Å². The standard InChI is InChI=1S/C29H33N5O6/c1-17-23-24(31-15-22(35)29(5,30)26(36)40-28(2,3)4)20-14-19(38-6)12-13-21(20)32-25(23)34(33-17)27(37)39-16-18-10-8-7-9-11-18/h7-14H,15-16,30H2,1-6H3,(H,31,32). The molecule has 4 aromatic rings. The van der Waals surface area contributed by atoms with Crippen LogP contribution in [0.4, 0.5) is 10.5 Å². The largest absolute Gasteiger partial charge is 0.497 e. The van der Waals surface area contributed by atoms with Crippen LogP contribution in [0.1, 0.15) is 39.0 Å². The van der Waals surface area contributed by atoms with Crippen molar-refractivity contribution in [2.45, 2.75) is 52.4 Å². The first-order valence-corrected chi connectivity index (χ1v) is 12.7. The van der Waals surface area contributed by atoms with Crippen molar-refractivity contribution in [1.29, 1.82) is 0 Å². The number of carbonyl (C=O) groups excluding carboxylic acids is 3. The third-order valence-corrected chi connectivity index (χ3v) is 6.19. The van der Waals surface area contributed by atoms with E-state index in [-0.39, 0.29) is 18.8 Å². The molecule has 0 saturated heterocycles. The van der Waals surface area contributed by atoms with Crippen molar-refractivity contribution in [3.63, 3.8) is 0 Å². The molecule has 11 heteroatoms. The molecule has 0 aliphatic rings. The molecular weight excluding hydrogens is 514 g/mol. The molecule has 0 bridgehead atoms. The third kappa shape index (κ3) is 5.89. The Morgan fingerprint density at radius 3 is 2.40 bits per heavy atom. The van der Waals surface area contributed by atoms with E-state index in [0.717, 1.165) is 10.2 Å². The number of fused-ring (bicyclic) bond motifs is 2. The van der Waals surface area contributed by atoms with Crippen LogP contribution in [0.5, 0.6) is 5.75 Å². The van der Waals surface area contributed by atoms with Crippen molar-refractivity contribution in [3.05, 3.63) is 59.8 Å². The maximum atomic E-state index is 13.2. The molecule has 0 spiro atoms. The highest BCUT2D eigenvalue weighted by Gasteiger charge is 2.40. The quantitative estimate of drug-likeness (QED) is 0.244. The third-order valence-electron chi connectivity index (χ3n) is 6.19. The van der Waals surface area contributed by atoms with Gasteiger partial charge in [-0.15, -0.1) is 4.68 Å². The Balaban J connectivity index is 1.72.